The van der Waals surface area contributed by atoms with Gasteiger partial charge in [-0.15, -0.1) is 0 Å². The number of rotatable bonds is 4. The number of amides is 4. The lowest BCUT2D eigenvalue weighted by molar-refractivity contribution is -0.128. The average Bonchev–Trinajstić information content (AvgIpc) is 3.66. The molecule has 0 N–H and O–H groups in total. The van der Waals surface area contributed by atoms with E-state index in [4.69, 9.17) is 0 Å². The number of carbonyl (C=O) groups is 3. The maximum atomic E-state index is 15.1. The smallest absolute Gasteiger partial charge is 0.331 e. The van der Waals surface area contributed by atoms with Crippen LogP contribution >= 0.6 is 0 Å². The third-order valence-electron chi connectivity index (χ3n) is 7.29. The van der Waals surface area contributed by atoms with Crippen molar-refractivity contribution in [1.82, 2.24) is 14.8 Å². The molecule has 2 saturated heterocycles. The highest BCUT2D eigenvalue weighted by molar-refractivity contribution is 6.16. The molecule has 9 heteroatoms. The van der Waals surface area contributed by atoms with Crippen molar-refractivity contribution in [3.05, 3.63) is 53.0 Å². The summed E-state index contributed by atoms with van der Waals surface area (Å²) in [6, 6.07) is 5.76. The number of anilines is 2. The van der Waals surface area contributed by atoms with Crippen molar-refractivity contribution >= 4 is 29.4 Å². The molecule has 1 aromatic carbocycles. The Labute approximate surface area is 204 Å². The van der Waals surface area contributed by atoms with Gasteiger partial charge < -0.3 is 9.80 Å². The van der Waals surface area contributed by atoms with Crippen LogP contribution in [0.5, 0.6) is 0 Å². The molecular weight excluding hydrogens is 449 g/mol. The fourth-order valence-corrected chi connectivity index (χ4v) is 5.08. The first kappa shape index (κ1) is 23.3. The summed E-state index contributed by atoms with van der Waals surface area (Å²) < 4.78 is 15.1. The number of aromatic nitrogens is 1. The second-order valence-electron chi connectivity index (χ2n) is 10.2. The van der Waals surface area contributed by atoms with Crippen molar-refractivity contribution < 1.29 is 18.8 Å². The van der Waals surface area contributed by atoms with Crippen molar-refractivity contribution in [1.29, 1.82) is 0 Å². The minimum Gasteiger partial charge on any atom is -0.353 e. The molecule has 0 atom stereocenters. The van der Waals surface area contributed by atoms with E-state index in [1.54, 1.807) is 18.7 Å². The predicted octanol–water partition coefficient (Wildman–Crippen LogP) is 3.55. The van der Waals surface area contributed by atoms with Gasteiger partial charge in [0.15, 0.2) is 0 Å². The third kappa shape index (κ3) is 3.92. The molecule has 2 aliphatic heterocycles. The first-order valence-corrected chi connectivity index (χ1v) is 12.0. The zero-order valence-electron chi connectivity index (χ0n) is 20.5. The predicted molar refractivity (Wildman–Crippen MR) is 130 cm³/mol. The van der Waals surface area contributed by atoms with Crippen LogP contribution < -0.4 is 9.80 Å². The van der Waals surface area contributed by atoms with Crippen molar-refractivity contribution in [3.8, 4) is 0 Å². The van der Waals surface area contributed by atoms with Crippen LogP contribution in [0.25, 0.3) is 0 Å². The monoisotopic (exact) mass is 479 g/mol. The molecule has 0 bridgehead atoms. The summed E-state index contributed by atoms with van der Waals surface area (Å²) >= 11 is 0. The lowest BCUT2D eigenvalue weighted by atomic mass is 10.0. The van der Waals surface area contributed by atoms with E-state index in [9.17, 15) is 14.4 Å². The molecule has 0 unspecified atom stereocenters. The van der Waals surface area contributed by atoms with E-state index >= 15 is 4.39 Å². The Bertz CT molecular complexity index is 1220. The quantitative estimate of drug-likeness (QED) is 0.627. The third-order valence-corrected chi connectivity index (χ3v) is 7.29. The van der Waals surface area contributed by atoms with Crippen molar-refractivity contribution in [2.45, 2.75) is 45.1 Å². The lowest BCUT2D eigenvalue weighted by Crippen LogP contribution is -2.49. The number of hydrogen-bond donors (Lipinski definition) is 0. The maximum absolute atomic E-state index is 15.1. The van der Waals surface area contributed by atoms with E-state index in [0.29, 0.717) is 32.1 Å². The molecule has 8 nitrogen and oxygen atoms in total. The second-order valence-corrected chi connectivity index (χ2v) is 10.2. The van der Waals surface area contributed by atoms with Gasteiger partial charge in [0.25, 0.3) is 11.8 Å². The molecule has 35 heavy (non-hydrogen) atoms. The molecule has 1 saturated carbocycles. The van der Waals surface area contributed by atoms with Crippen LogP contribution in [-0.2, 0) is 4.79 Å². The summed E-state index contributed by atoms with van der Waals surface area (Å²) in [7, 11) is 1.40. The molecule has 184 valence electrons. The molecular formula is C26H30FN5O3. The minimum absolute atomic E-state index is 0.0468. The fourth-order valence-electron chi connectivity index (χ4n) is 5.08. The van der Waals surface area contributed by atoms with Crippen molar-refractivity contribution in [3.63, 3.8) is 0 Å². The zero-order valence-corrected chi connectivity index (χ0v) is 20.5. The molecule has 1 aliphatic carbocycles. The summed E-state index contributed by atoms with van der Waals surface area (Å²) in [5.41, 5.74) is 1.50. The van der Waals surface area contributed by atoms with E-state index in [0.717, 1.165) is 22.3 Å². The normalized spacial score (nSPS) is 20.1. The Balaban J connectivity index is 1.28. The number of nitrogens with zero attached hydrogens (tertiary/aromatic N) is 5. The van der Waals surface area contributed by atoms with Gasteiger partial charge in [0.05, 0.1) is 5.56 Å². The lowest BCUT2D eigenvalue weighted by Gasteiger charge is -2.36. The fraction of sp³-hybridized carbons (Fsp3) is 0.462. The first-order chi connectivity index (χ1) is 16.6. The highest BCUT2D eigenvalue weighted by Gasteiger charge is 2.50. The standard InChI is InChI=1S/C26H30FN5O3/c1-16-13-18(17-5-6-17)15-28-22(16)30-9-11-31(12-10-30)23(33)20-8-7-19(14-21(20)27)32-25(35)29(4)24(34)26(32,2)3/h7-8,13-15,17H,5-6,9-12H2,1-4H3. The maximum Gasteiger partial charge on any atom is 0.331 e. The molecule has 3 aliphatic rings. The summed E-state index contributed by atoms with van der Waals surface area (Å²) in [4.78, 5) is 48.8. The largest absolute Gasteiger partial charge is 0.353 e. The number of aryl methyl sites for hydroxylation is 1. The van der Waals surface area contributed by atoms with Gasteiger partial charge in [-0.3, -0.25) is 19.4 Å². The van der Waals surface area contributed by atoms with Crippen LogP contribution in [0.15, 0.2) is 30.5 Å². The Morgan fingerprint density at radius 3 is 2.31 bits per heavy atom. The van der Waals surface area contributed by atoms with E-state index in [1.807, 2.05) is 6.20 Å². The molecule has 4 amide bonds. The SMILES string of the molecule is Cc1cc(C2CC2)cnc1N1CCN(C(=O)c2ccc(N3C(=O)N(C)C(=O)C3(C)C)cc2F)CC1. The van der Waals surface area contributed by atoms with Gasteiger partial charge >= 0.3 is 6.03 Å². The molecule has 2 aromatic rings. The summed E-state index contributed by atoms with van der Waals surface area (Å²) in [6.45, 7) is 7.46. The molecule has 5 rings (SSSR count). The number of urea groups is 1. The average molecular weight is 480 g/mol. The number of pyridine rings is 1. The summed E-state index contributed by atoms with van der Waals surface area (Å²) in [6.07, 6.45) is 4.44. The van der Waals surface area contributed by atoms with Gasteiger partial charge in [0.2, 0.25) is 0 Å². The summed E-state index contributed by atoms with van der Waals surface area (Å²) in [5.74, 6) is 0.126. The van der Waals surface area contributed by atoms with E-state index in [2.05, 4.69) is 22.9 Å². The van der Waals surface area contributed by atoms with Gasteiger partial charge in [-0.25, -0.2) is 14.2 Å². The van der Waals surface area contributed by atoms with E-state index in [1.165, 1.54) is 42.5 Å². The Morgan fingerprint density at radius 1 is 1.09 bits per heavy atom. The topological polar surface area (TPSA) is 77.1 Å². The minimum atomic E-state index is -1.14. The van der Waals surface area contributed by atoms with Gasteiger partial charge in [-0.05, 0) is 68.9 Å². The Hall–Kier alpha value is -3.49. The number of imide groups is 1. The number of carbonyl (C=O) groups excluding carboxylic acids is 3. The van der Waals surface area contributed by atoms with Crippen LogP contribution in [0.2, 0.25) is 0 Å². The number of piperazine rings is 1. The molecule has 3 fully saturated rings. The molecule has 1 aromatic heterocycles. The van der Waals surface area contributed by atoms with Crippen LogP contribution in [0.3, 0.4) is 0 Å². The number of benzene rings is 1. The van der Waals surface area contributed by atoms with Crippen LogP contribution in [-0.4, -0.2) is 71.4 Å². The number of hydrogen-bond acceptors (Lipinski definition) is 5. The zero-order chi connectivity index (χ0) is 25.1. The van der Waals surface area contributed by atoms with Crippen LogP contribution in [0, 0.1) is 12.7 Å². The van der Waals surface area contributed by atoms with E-state index in [-0.39, 0.29) is 23.1 Å². The van der Waals surface area contributed by atoms with Crippen LogP contribution in [0.4, 0.5) is 20.7 Å². The van der Waals surface area contributed by atoms with Crippen molar-refractivity contribution in [2.24, 2.45) is 0 Å². The van der Waals surface area contributed by atoms with Gasteiger partial charge in [-0.1, -0.05) is 6.07 Å². The highest BCUT2D eigenvalue weighted by atomic mass is 19.1. The second kappa shape index (κ2) is 8.32. The Kier molecular flexibility index (Phi) is 5.53. The van der Waals surface area contributed by atoms with Crippen molar-refractivity contribution in [2.75, 3.05) is 43.0 Å². The molecule has 3 heterocycles. The van der Waals surface area contributed by atoms with Gasteiger partial charge in [0, 0.05) is 45.1 Å². The van der Waals surface area contributed by atoms with Gasteiger partial charge in [0.1, 0.15) is 17.2 Å². The van der Waals surface area contributed by atoms with E-state index < -0.39 is 17.4 Å². The Morgan fingerprint density at radius 2 is 1.77 bits per heavy atom. The first-order valence-electron chi connectivity index (χ1n) is 12.0. The molecule has 0 radical (unpaired) electrons. The highest BCUT2D eigenvalue weighted by Crippen LogP contribution is 2.40. The number of likely N-dealkylation sites (N-methyl/N-ethyl adjacent to an activating group) is 1. The molecule has 0 spiro atoms. The van der Waals surface area contributed by atoms with Gasteiger partial charge in [-0.2, -0.15) is 0 Å². The van der Waals surface area contributed by atoms with Crippen LogP contribution in [0.1, 0.15) is 54.1 Å². The summed E-state index contributed by atoms with van der Waals surface area (Å²) in [5, 5.41) is 0. The number of halogens is 1.